The van der Waals surface area contributed by atoms with Crippen molar-refractivity contribution in [2.45, 2.75) is 12.8 Å². The topological polar surface area (TPSA) is 26.3 Å². The average molecular weight is 274 g/mol. The van der Waals surface area contributed by atoms with E-state index >= 15 is 0 Å². The molecule has 0 aliphatic heterocycles. The maximum absolute atomic E-state index is 12.5. The summed E-state index contributed by atoms with van der Waals surface area (Å²) in [4.78, 5) is 12.5. The van der Waals surface area contributed by atoms with Crippen LogP contribution in [0.15, 0.2) is 48.6 Å². The molecule has 0 unspecified atom stereocenters. The fourth-order valence-electron chi connectivity index (χ4n) is 3.00. The van der Waals surface area contributed by atoms with Crippen molar-refractivity contribution >= 4 is 18.1 Å². The predicted molar refractivity (Wildman–Crippen MR) is 83.3 cm³/mol. The summed E-state index contributed by atoms with van der Waals surface area (Å²) in [5.74, 6) is 0.405. The minimum Gasteiger partial charge on any atom is -0.423 e. The summed E-state index contributed by atoms with van der Waals surface area (Å²) >= 11 is 0. The molecule has 0 amide bonds. The molecule has 0 fully saturated rings. The van der Waals surface area contributed by atoms with Gasteiger partial charge < -0.3 is 4.74 Å². The van der Waals surface area contributed by atoms with E-state index in [-0.39, 0.29) is 5.97 Å². The summed E-state index contributed by atoms with van der Waals surface area (Å²) in [6, 6.07) is 11.6. The van der Waals surface area contributed by atoms with E-state index in [1.807, 2.05) is 36.4 Å². The van der Waals surface area contributed by atoms with Gasteiger partial charge in [-0.15, -0.1) is 0 Å². The van der Waals surface area contributed by atoms with Crippen LogP contribution in [0.2, 0.25) is 0 Å². The van der Waals surface area contributed by atoms with Gasteiger partial charge in [-0.3, -0.25) is 0 Å². The summed E-state index contributed by atoms with van der Waals surface area (Å²) in [5, 5.41) is 0. The highest BCUT2D eigenvalue weighted by Gasteiger charge is 2.19. The maximum Gasteiger partial charge on any atom is 0.343 e. The molecule has 0 heterocycles. The van der Waals surface area contributed by atoms with Crippen LogP contribution in [0.1, 0.15) is 32.6 Å². The van der Waals surface area contributed by atoms with Gasteiger partial charge in [-0.1, -0.05) is 48.6 Å². The summed E-state index contributed by atoms with van der Waals surface area (Å²) < 4.78 is 5.66. The Morgan fingerprint density at radius 1 is 0.857 bits per heavy atom. The summed E-state index contributed by atoms with van der Waals surface area (Å²) in [6.07, 6.45) is 9.91. The summed E-state index contributed by atoms with van der Waals surface area (Å²) in [5.41, 5.74) is 5.08. The molecule has 0 bridgehead atoms. The number of carbonyl (C=O) groups excluding carboxylic acids is 1. The molecular formula is C19H14O2. The van der Waals surface area contributed by atoms with Crippen molar-refractivity contribution in [3.05, 3.63) is 76.4 Å². The lowest BCUT2D eigenvalue weighted by atomic mass is 10.0. The largest absolute Gasteiger partial charge is 0.423 e. The number of esters is 1. The Balaban J connectivity index is 1.66. The molecule has 102 valence electrons. The fraction of sp³-hybridized carbons (Fsp3) is 0.105. The number of carbonyl (C=O) groups is 1. The fourth-order valence-corrected chi connectivity index (χ4v) is 3.00. The van der Waals surface area contributed by atoms with Crippen molar-refractivity contribution in [2.24, 2.45) is 0 Å². The van der Waals surface area contributed by atoms with Gasteiger partial charge in [0.1, 0.15) is 5.75 Å². The van der Waals surface area contributed by atoms with E-state index in [1.165, 1.54) is 0 Å². The Bertz CT molecular complexity index is 797. The molecule has 2 aromatic rings. The first-order valence-corrected chi connectivity index (χ1v) is 7.12. The molecule has 2 nitrogen and oxygen atoms in total. The quantitative estimate of drug-likeness (QED) is 0.610. The van der Waals surface area contributed by atoms with E-state index in [9.17, 15) is 4.79 Å². The van der Waals surface area contributed by atoms with Crippen molar-refractivity contribution in [3.8, 4) is 5.75 Å². The van der Waals surface area contributed by atoms with Crippen LogP contribution in [0.25, 0.3) is 12.2 Å². The van der Waals surface area contributed by atoms with Gasteiger partial charge >= 0.3 is 5.97 Å². The third kappa shape index (κ3) is 2.00. The first-order chi connectivity index (χ1) is 10.3. The standard InChI is InChI=1S/C19H14O2/c20-19(17-11-3-6-13-5-1-9-15(13)17)21-18-12-4-8-14-7-2-10-16(14)18/h1-8,11-12H,9-10H2. The van der Waals surface area contributed by atoms with Gasteiger partial charge in [0.25, 0.3) is 0 Å². The smallest absolute Gasteiger partial charge is 0.343 e. The first kappa shape index (κ1) is 12.2. The molecule has 0 aromatic heterocycles. The number of fused-ring (bicyclic) bond motifs is 2. The van der Waals surface area contributed by atoms with Gasteiger partial charge in [0.15, 0.2) is 0 Å². The lowest BCUT2D eigenvalue weighted by Crippen LogP contribution is -2.12. The number of allylic oxidation sites excluding steroid dienone is 2. The van der Waals surface area contributed by atoms with Crippen molar-refractivity contribution in [1.82, 2.24) is 0 Å². The third-order valence-electron chi connectivity index (χ3n) is 4.04. The Morgan fingerprint density at radius 2 is 1.52 bits per heavy atom. The Kier molecular flexibility index (Phi) is 2.74. The molecule has 0 saturated heterocycles. The zero-order chi connectivity index (χ0) is 14.2. The van der Waals surface area contributed by atoms with Crippen LogP contribution in [-0.4, -0.2) is 5.97 Å². The van der Waals surface area contributed by atoms with E-state index < -0.39 is 0 Å². The molecule has 21 heavy (non-hydrogen) atoms. The van der Waals surface area contributed by atoms with Crippen LogP contribution >= 0.6 is 0 Å². The SMILES string of the molecule is O=C(Oc1cccc2c1CC=C2)c1cccc2c1CC=C2. The Labute approximate surface area is 123 Å². The van der Waals surface area contributed by atoms with Gasteiger partial charge in [-0.2, -0.15) is 0 Å². The highest BCUT2D eigenvalue weighted by Crippen LogP contribution is 2.30. The van der Waals surface area contributed by atoms with Gasteiger partial charge in [0.05, 0.1) is 5.56 Å². The zero-order valence-corrected chi connectivity index (χ0v) is 11.5. The van der Waals surface area contributed by atoms with Gasteiger partial charge in [-0.05, 0) is 41.7 Å². The van der Waals surface area contributed by atoms with Crippen LogP contribution < -0.4 is 4.74 Å². The molecule has 2 aromatic carbocycles. The molecule has 0 N–H and O–H groups in total. The Hall–Kier alpha value is -2.61. The van der Waals surface area contributed by atoms with E-state index in [2.05, 4.69) is 24.3 Å². The number of ether oxygens (including phenoxy) is 1. The number of rotatable bonds is 2. The highest BCUT2D eigenvalue weighted by molar-refractivity contribution is 5.94. The van der Waals surface area contributed by atoms with Crippen LogP contribution in [0.3, 0.4) is 0 Å². The molecule has 2 heteroatoms. The number of hydrogen-bond donors (Lipinski definition) is 0. The van der Waals surface area contributed by atoms with Crippen LogP contribution in [0.4, 0.5) is 0 Å². The lowest BCUT2D eigenvalue weighted by Gasteiger charge is -2.11. The zero-order valence-electron chi connectivity index (χ0n) is 11.5. The minimum atomic E-state index is -0.268. The lowest BCUT2D eigenvalue weighted by molar-refractivity contribution is 0.0732. The van der Waals surface area contributed by atoms with Crippen molar-refractivity contribution in [2.75, 3.05) is 0 Å². The van der Waals surface area contributed by atoms with Crippen molar-refractivity contribution < 1.29 is 9.53 Å². The minimum absolute atomic E-state index is 0.268. The second-order valence-corrected chi connectivity index (χ2v) is 5.30. The second-order valence-electron chi connectivity index (χ2n) is 5.30. The second kappa shape index (κ2) is 4.74. The van der Waals surface area contributed by atoms with E-state index in [4.69, 9.17) is 4.74 Å². The predicted octanol–water partition coefficient (Wildman–Crippen LogP) is 4.04. The molecule has 0 atom stereocenters. The normalized spacial score (nSPS) is 14.1. The monoisotopic (exact) mass is 274 g/mol. The first-order valence-electron chi connectivity index (χ1n) is 7.12. The molecule has 2 aliphatic rings. The summed E-state index contributed by atoms with van der Waals surface area (Å²) in [6.45, 7) is 0. The molecule has 0 radical (unpaired) electrons. The van der Waals surface area contributed by atoms with Crippen LogP contribution in [0, 0.1) is 0 Å². The van der Waals surface area contributed by atoms with Crippen molar-refractivity contribution in [1.29, 1.82) is 0 Å². The summed E-state index contributed by atoms with van der Waals surface area (Å²) in [7, 11) is 0. The maximum atomic E-state index is 12.5. The van der Waals surface area contributed by atoms with Gasteiger partial charge in [0, 0.05) is 5.56 Å². The van der Waals surface area contributed by atoms with E-state index in [0.717, 1.165) is 35.1 Å². The van der Waals surface area contributed by atoms with E-state index in [0.29, 0.717) is 11.3 Å². The highest BCUT2D eigenvalue weighted by atomic mass is 16.5. The Morgan fingerprint density at radius 3 is 2.33 bits per heavy atom. The van der Waals surface area contributed by atoms with Gasteiger partial charge in [-0.25, -0.2) is 4.79 Å². The average Bonchev–Trinajstić information content (AvgIpc) is 3.15. The van der Waals surface area contributed by atoms with Crippen molar-refractivity contribution in [3.63, 3.8) is 0 Å². The molecular weight excluding hydrogens is 260 g/mol. The third-order valence-corrected chi connectivity index (χ3v) is 4.04. The van der Waals surface area contributed by atoms with Crippen LogP contribution in [-0.2, 0) is 12.8 Å². The molecule has 4 rings (SSSR count). The van der Waals surface area contributed by atoms with Crippen LogP contribution in [0.5, 0.6) is 5.75 Å². The number of benzene rings is 2. The molecule has 0 spiro atoms. The molecule has 2 aliphatic carbocycles. The van der Waals surface area contributed by atoms with E-state index in [1.54, 1.807) is 0 Å². The number of hydrogen-bond acceptors (Lipinski definition) is 2. The van der Waals surface area contributed by atoms with Gasteiger partial charge in [0.2, 0.25) is 0 Å². The molecule has 0 saturated carbocycles.